The number of benzene rings is 1. The Morgan fingerprint density at radius 1 is 1.37 bits per heavy atom. The smallest absolute Gasteiger partial charge is 0.335 e. The fourth-order valence-corrected chi connectivity index (χ4v) is 2.40. The second kappa shape index (κ2) is 6.15. The van der Waals surface area contributed by atoms with Gasteiger partial charge < -0.3 is 9.84 Å². The van der Waals surface area contributed by atoms with Gasteiger partial charge >= 0.3 is 5.97 Å². The quantitative estimate of drug-likeness (QED) is 0.905. The number of halogens is 1. The van der Waals surface area contributed by atoms with Crippen LogP contribution in [0.25, 0.3) is 0 Å². The molecule has 0 amide bonds. The SMILES string of the molecule is CC1CCC(OCc2ccc(C(=O)O)cc2F)CC1. The summed E-state index contributed by atoms with van der Waals surface area (Å²) in [5.41, 5.74) is 0.386. The molecule has 1 N–H and O–H groups in total. The fraction of sp³-hybridized carbons (Fsp3) is 0.533. The van der Waals surface area contributed by atoms with E-state index in [1.165, 1.54) is 12.1 Å². The maximum atomic E-state index is 13.7. The third kappa shape index (κ3) is 3.77. The molecule has 0 aliphatic heterocycles. The van der Waals surface area contributed by atoms with Gasteiger partial charge in [0.25, 0.3) is 0 Å². The lowest BCUT2D eigenvalue weighted by Crippen LogP contribution is -2.20. The lowest BCUT2D eigenvalue weighted by molar-refractivity contribution is 0.00757. The average Bonchev–Trinajstić information content (AvgIpc) is 2.39. The number of carboxylic acids is 1. The third-order valence-electron chi connectivity index (χ3n) is 3.74. The summed E-state index contributed by atoms with van der Waals surface area (Å²) in [5, 5.41) is 8.76. The van der Waals surface area contributed by atoms with E-state index in [0.29, 0.717) is 5.56 Å². The molecule has 0 bridgehead atoms. The Balaban J connectivity index is 1.91. The standard InChI is InChI=1S/C15H19FO3/c1-10-2-6-13(7-3-10)19-9-12-5-4-11(15(17)18)8-14(12)16/h4-5,8,10,13H,2-3,6-7,9H2,1H3,(H,17,18). The van der Waals surface area contributed by atoms with Gasteiger partial charge in [0.05, 0.1) is 18.3 Å². The Morgan fingerprint density at radius 2 is 2.05 bits per heavy atom. The van der Waals surface area contributed by atoms with E-state index in [1.54, 1.807) is 0 Å². The summed E-state index contributed by atoms with van der Waals surface area (Å²) in [6, 6.07) is 3.95. The van der Waals surface area contributed by atoms with Crippen molar-refractivity contribution in [2.24, 2.45) is 5.92 Å². The minimum Gasteiger partial charge on any atom is -0.478 e. The number of rotatable bonds is 4. The molecule has 1 aliphatic carbocycles. The van der Waals surface area contributed by atoms with Crippen molar-refractivity contribution in [2.75, 3.05) is 0 Å². The Morgan fingerprint density at radius 3 is 2.63 bits per heavy atom. The van der Waals surface area contributed by atoms with Crippen molar-refractivity contribution in [3.05, 3.63) is 35.1 Å². The van der Waals surface area contributed by atoms with E-state index < -0.39 is 11.8 Å². The van der Waals surface area contributed by atoms with E-state index in [4.69, 9.17) is 9.84 Å². The van der Waals surface area contributed by atoms with Crippen molar-refractivity contribution in [3.8, 4) is 0 Å². The summed E-state index contributed by atoms with van der Waals surface area (Å²) in [4.78, 5) is 10.7. The molecule has 0 spiro atoms. The van der Waals surface area contributed by atoms with Crippen LogP contribution in [0.4, 0.5) is 4.39 Å². The molecule has 2 rings (SSSR count). The molecule has 0 saturated heterocycles. The lowest BCUT2D eigenvalue weighted by atomic mass is 9.89. The first kappa shape index (κ1) is 14.0. The largest absolute Gasteiger partial charge is 0.478 e. The molecule has 1 fully saturated rings. The van der Waals surface area contributed by atoms with Gasteiger partial charge in [-0.2, -0.15) is 0 Å². The monoisotopic (exact) mass is 266 g/mol. The summed E-state index contributed by atoms with van der Waals surface area (Å²) in [5.74, 6) is -0.872. The zero-order valence-corrected chi connectivity index (χ0v) is 11.1. The van der Waals surface area contributed by atoms with Gasteiger partial charge in [0.1, 0.15) is 5.82 Å². The Kier molecular flexibility index (Phi) is 4.53. The zero-order chi connectivity index (χ0) is 13.8. The van der Waals surface area contributed by atoms with Crippen molar-refractivity contribution in [1.29, 1.82) is 0 Å². The number of aromatic carboxylic acids is 1. The van der Waals surface area contributed by atoms with Crippen molar-refractivity contribution >= 4 is 5.97 Å². The van der Waals surface area contributed by atoms with Gasteiger partial charge in [-0.25, -0.2) is 9.18 Å². The molecule has 1 aliphatic rings. The van der Waals surface area contributed by atoms with E-state index in [-0.39, 0.29) is 18.3 Å². The first-order chi connectivity index (χ1) is 9.06. The predicted octanol–water partition coefficient (Wildman–Crippen LogP) is 3.62. The van der Waals surface area contributed by atoms with Gasteiger partial charge in [-0.15, -0.1) is 0 Å². The van der Waals surface area contributed by atoms with Crippen molar-refractivity contribution < 1.29 is 19.0 Å². The van der Waals surface area contributed by atoms with Crippen molar-refractivity contribution in [2.45, 2.75) is 45.3 Å². The highest BCUT2D eigenvalue weighted by molar-refractivity contribution is 5.87. The Hall–Kier alpha value is -1.42. The molecular weight excluding hydrogens is 247 g/mol. The second-order valence-electron chi connectivity index (χ2n) is 5.30. The molecule has 3 nitrogen and oxygen atoms in total. The molecule has 1 saturated carbocycles. The van der Waals surface area contributed by atoms with Gasteiger partial charge in [-0.3, -0.25) is 0 Å². The maximum absolute atomic E-state index is 13.7. The van der Waals surface area contributed by atoms with Crippen LogP contribution < -0.4 is 0 Å². The van der Waals surface area contributed by atoms with Crippen LogP contribution in [0.2, 0.25) is 0 Å². The minimum atomic E-state index is -1.12. The molecule has 0 unspecified atom stereocenters. The first-order valence-corrected chi connectivity index (χ1v) is 6.69. The van der Waals surface area contributed by atoms with E-state index in [1.807, 2.05) is 0 Å². The topological polar surface area (TPSA) is 46.5 Å². The number of hydrogen-bond acceptors (Lipinski definition) is 2. The maximum Gasteiger partial charge on any atom is 0.335 e. The molecule has 0 heterocycles. The van der Waals surface area contributed by atoms with Crippen LogP contribution in [-0.4, -0.2) is 17.2 Å². The van der Waals surface area contributed by atoms with Gasteiger partial charge in [-0.05, 0) is 43.7 Å². The first-order valence-electron chi connectivity index (χ1n) is 6.69. The van der Waals surface area contributed by atoms with Crippen LogP contribution in [0, 0.1) is 11.7 Å². The zero-order valence-electron chi connectivity index (χ0n) is 11.1. The highest BCUT2D eigenvalue weighted by Gasteiger charge is 2.19. The number of ether oxygens (including phenoxy) is 1. The van der Waals surface area contributed by atoms with Crippen molar-refractivity contribution in [1.82, 2.24) is 0 Å². The molecule has 19 heavy (non-hydrogen) atoms. The molecule has 0 radical (unpaired) electrons. The Bertz CT molecular complexity index is 451. The summed E-state index contributed by atoms with van der Waals surface area (Å²) in [6.45, 7) is 2.45. The molecule has 104 valence electrons. The van der Waals surface area contributed by atoms with Crippen LogP contribution in [0.5, 0.6) is 0 Å². The van der Waals surface area contributed by atoms with Crippen LogP contribution in [0.1, 0.15) is 48.5 Å². The highest BCUT2D eigenvalue weighted by atomic mass is 19.1. The second-order valence-corrected chi connectivity index (χ2v) is 5.30. The Labute approximate surface area is 112 Å². The van der Waals surface area contributed by atoms with E-state index in [2.05, 4.69) is 6.92 Å². The highest BCUT2D eigenvalue weighted by Crippen LogP contribution is 2.26. The van der Waals surface area contributed by atoms with Gasteiger partial charge in [0, 0.05) is 5.56 Å². The van der Waals surface area contributed by atoms with Crippen molar-refractivity contribution in [3.63, 3.8) is 0 Å². The summed E-state index contributed by atoms with van der Waals surface area (Å²) >= 11 is 0. The van der Waals surface area contributed by atoms with Crippen LogP contribution >= 0.6 is 0 Å². The van der Waals surface area contributed by atoms with Crippen LogP contribution in [0.3, 0.4) is 0 Å². The summed E-state index contributed by atoms with van der Waals surface area (Å²) < 4.78 is 19.4. The molecule has 0 atom stereocenters. The molecule has 1 aromatic rings. The third-order valence-corrected chi connectivity index (χ3v) is 3.74. The number of carboxylic acid groups (broad SMARTS) is 1. The molecule has 0 aromatic heterocycles. The predicted molar refractivity (Wildman–Crippen MR) is 69.6 cm³/mol. The van der Waals surface area contributed by atoms with E-state index in [0.717, 1.165) is 37.7 Å². The van der Waals surface area contributed by atoms with Gasteiger partial charge in [0.15, 0.2) is 0 Å². The fourth-order valence-electron chi connectivity index (χ4n) is 2.40. The van der Waals surface area contributed by atoms with Crippen LogP contribution in [-0.2, 0) is 11.3 Å². The number of carbonyl (C=O) groups is 1. The van der Waals surface area contributed by atoms with E-state index >= 15 is 0 Å². The number of hydrogen-bond donors (Lipinski definition) is 1. The molecular formula is C15H19FO3. The van der Waals surface area contributed by atoms with E-state index in [9.17, 15) is 9.18 Å². The average molecular weight is 266 g/mol. The minimum absolute atomic E-state index is 0.0345. The summed E-state index contributed by atoms with van der Waals surface area (Å²) in [6.07, 6.45) is 4.57. The molecule has 1 aromatic carbocycles. The van der Waals surface area contributed by atoms with Crippen LogP contribution in [0.15, 0.2) is 18.2 Å². The van der Waals surface area contributed by atoms with Gasteiger partial charge in [0.2, 0.25) is 0 Å². The van der Waals surface area contributed by atoms with Gasteiger partial charge in [-0.1, -0.05) is 13.0 Å². The summed E-state index contributed by atoms with van der Waals surface area (Å²) in [7, 11) is 0. The molecule has 4 heteroatoms. The normalized spacial score (nSPS) is 23.3. The lowest BCUT2D eigenvalue weighted by Gasteiger charge is -2.26.